The molecule has 20 heavy (non-hydrogen) atoms. The molecule has 0 heterocycles. The molecular formula is C18H33NO. The molecule has 0 unspecified atom stereocenters. The predicted octanol–water partition coefficient (Wildman–Crippen LogP) is 5.03. The van der Waals surface area contributed by atoms with Crippen molar-refractivity contribution in [1.82, 2.24) is 5.32 Å². The predicted molar refractivity (Wildman–Crippen MR) is 89.4 cm³/mol. The van der Waals surface area contributed by atoms with Gasteiger partial charge in [-0.25, -0.2) is 0 Å². The van der Waals surface area contributed by atoms with Gasteiger partial charge in [0.25, 0.3) is 0 Å². The average molecular weight is 279 g/mol. The van der Waals surface area contributed by atoms with E-state index < -0.39 is 0 Å². The Morgan fingerprint density at radius 2 is 1.70 bits per heavy atom. The van der Waals surface area contributed by atoms with Gasteiger partial charge in [-0.05, 0) is 36.6 Å². The molecule has 1 aromatic carbocycles. The van der Waals surface area contributed by atoms with Crippen LogP contribution in [0.4, 0.5) is 0 Å². The van der Waals surface area contributed by atoms with Crippen LogP contribution in [0.2, 0.25) is 0 Å². The first-order valence-electron chi connectivity index (χ1n) is 8.14. The Morgan fingerprint density at radius 1 is 1.05 bits per heavy atom. The number of unbranched alkanes of at least 4 members (excludes halogenated alkanes) is 2. The first-order valence-corrected chi connectivity index (χ1v) is 8.14. The molecular weight excluding hydrogens is 246 g/mol. The molecule has 0 fully saturated rings. The molecule has 0 spiro atoms. The van der Waals surface area contributed by atoms with Crippen LogP contribution in [-0.2, 0) is 6.54 Å². The van der Waals surface area contributed by atoms with Crippen LogP contribution in [0.3, 0.4) is 0 Å². The maximum Gasteiger partial charge on any atom is 0.119 e. The molecule has 116 valence electrons. The lowest BCUT2D eigenvalue weighted by Crippen LogP contribution is -2.14. The maximum atomic E-state index is 5.66. The highest BCUT2D eigenvalue weighted by Crippen LogP contribution is 2.13. The Kier molecular flexibility index (Phi) is 12.3. The quantitative estimate of drug-likeness (QED) is 0.640. The van der Waals surface area contributed by atoms with E-state index in [2.05, 4.69) is 50.4 Å². The van der Waals surface area contributed by atoms with Crippen LogP contribution in [0.5, 0.6) is 5.75 Å². The van der Waals surface area contributed by atoms with E-state index >= 15 is 0 Å². The molecule has 0 amide bonds. The molecule has 0 aliphatic rings. The third-order valence-electron chi connectivity index (χ3n) is 2.79. The van der Waals surface area contributed by atoms with Gasteiger partial charge in [0.1, 0.15) is 5.75 Å². The molecule has 0 saturated carbocycles. The zero-order valence-electron chi connectivity index (χ0n) is 14.0. The Bertz CT molecular complexity index is 306. The normalized spacial score (nSPS) is 10.1. The number of hydrogen-bond donors (Lipinski definition) is 1. The second-order valence-electron chi connectivity index (χ2n) is 5.23. The Hall–Kier alpha value is -1.02. The van der Waals surface area contributed by atoms with Gasteiger partial charge in [-0.15, -0.1) is 0 Å². The van der Waals surface area contributed by atoms with Gasteiger partial charge < -0.3 is 10.1 Å². The van der Waals surface area contributed by atoms with Crippen LogP contribution in [0.25, 0.3) is 0 Å². The monoisotopic (exact) mass is 279 g/mol. The lowest BCUT2D eigenvalue weighted by molar-refractivity contribution is 0.271. The number of ether oxygens (including phenoxy) is 1. The molecule has 0 bridgehead atoms. The van der Waals surface area contributed by atoms with Gasteiger partial charge in [-0.2, -0.15) is 0 Å². The summed E-state index contributed by atoms with van der Waals surface area (Å²) in [6.45, 7) is 13.4. The minimum Gasteiger partial charge on any atom is -0.493 e. The maximum absolute atomic E-state index is 5.66. The highest BCUT2D eigenvalue weighted by molar-refractivity contribution is 5.27. The number of benzene rings is 1. The van der Waals surface area contributed by atoms with Crippen molar-refractivity contribution in [2.75, 3.05) is 13.2 Å². The zero-order chi connectivity index (χ0) is 15.2. The van der Waals surface area contributed by atoms with Crippen molar-refractivity contribution in [3.8, 4) is 5.75 Å². The molecule has 2 nitrogen and oxygen atoms in total. The van der Waals surface area contributed by atoms with Crippen molar-refractivity contribution in [2.24, 2.45) is 5.92 Å². The first kappa shape index (κ1) is 19.0. The molecule has 1 N–H and O–H groups in total. The fourth-order valence-electron chi connectivity index (χ4n) is 1.70. The lowest BCUT2D eigenvalue weighted by Gasteiger charge is -2.09. The molecule has 0 aliphatic carbocycles. The Labute approximate surface area is 125 Å². The first-order chi connectivity index (χ1) is 9.72. The summed E-state index contributed by atoms with van der Waals surface area (Å²) in [5, 5.41) is 3.47. The van der Waals surface area contributed by atoms with E-state index in [9.17, 15) is 0 Å². The van der Waals surface area contributed by atoms with Gasteiger partial charge in [0.05, 0.1) is 6.61 Å². The summed E-state index contributed by atoms with van der Waals surface area (Å²) >= 11 is 0. The van der Waals surface area contributed by atoms with Crippen molar-refractivity contribution in [3.63, 3.8) is 0 Å². The minimum absolute atomic E-state index is 0.574. The van der Waals surface area contributed by atoms with Crippen LogP contribution in [0.1, 0.15) is 59.4 Å². The summed E-state index contributed by atoms with van der Waals surface area (Å²) in [6, 6.07) is 8.40. The fourth-order valence-corrected chi connectivity index (χ4v) is 1.70. The van der Waals surface area contributed by atoms with Crippen molar-refractivity contribution in [1.29, 1.82) is 0 Å². The third kappa shape index (κ3) is 9.85. The van der Waals surface area contributed by atoms with Crippen molar-refractivity contribution in [3.05, 3.63) is 29.8 Å². The molecule has 0 aromatic heterocycles. The molecule has 0 saturated heterocycles. The zero-order valence-corrected chi connectivity index (χ0v) is 14.0. The molecule has 2 heteroatoms. The SMILES string of the molecule is CC.CCCCCNCc1ccc(OCC(C)C)cc1. The van der Waals surface area contributed by atoms with Gasteiger partial charge in [0, 0.05) is 6.54 Å². The molecule has 1 rings (SSSR count). The van der Waals surface area contributed by atoms with Crippen molar-refractivity contribution in [2.45, 2.75) is 60.4 Å². The second kappa shape index (κ2) is 13.0. The van der Waals surface area contributed by atoms with Gasteiger partial charge in [0.15, 0.2) is 0 Å². The van der Waals surface area contributed by atoms with Crippen LogP contribution >= 0.6 is 0 Å². The smallest absolute Gasteiger partial charge is 0.119 e. The topological polar surface area (TPSA) is 21.3 Å². The van der Waals surface area contributed by atoms with Crippen molar-refractivity contribution < 1.29 is 4.74 Å². The van der Waals surface area contributed by atoms with Crippen molar-refractivity contribution >= 4 is 0 Å². The summed E-state index contributed by atoms with van der Waals surface area (Å²) < 4.78 is 5.66. The van der Waals surface area contributed by atoms with Gasteiger partial charge in [-0.1, -0.05) is 59.6 Å². The van der Waals surface area contributed by atoms with Gasteiger partial charge in [0.2, 0.25) is 0 Å². The van der Waals surface area contributed by atoms with Crippen LogP contribution < -0.4 is 10.1 Å². The Balaban J connectivity index is 0.00000172. The highest BCUT2D eigenvalue weighted by atomic mass is 16.5. The second-order valence-corrected chi connectivity index (χ2v) is 5.23. The van der Waals surface area contributed by atoms with E-state index in [0.29, 0.717) is 5.92 Å². The number of nitrogens with one attached hydrogen (secondary N) is 1. The summed E-state index contributed by atoms with van der Waals surface area (Å²) in [7, 11) is 0. The molecule has 1 aromatic rings. The van der Waals surface area contributed by atoms with E-state index in [1.807, 2.05) is 13.8 Å². The van der Waals surface area contributed by atoms with Crippen LogP contribution in [0, 0.1) is 5.92 Å². The van der Waals surface area contributed by atoms with Gasteiger partial charge in [-0.3, -0.25) is 0 Å². The lowest BCUT2D eigenvalue weighted by atomic mass is 10.2. The largest absolute Gasteiger partial charge is 0.493 e. The summed E-state index contributed by atoms with van der Waals surface area (Å²) in [6.07, 6.45) is 3.87. The standard InChI is InChI=1S/C16H27NO.C2H6/c1-4-5-6-11-17-12-15-7-9-16(10-8-15)18-13-14(2)3;1-2/h7-10,14,17H,4-6,11-13H2,1-3H3;1-2H3. The van der Waals surface area contributed by atoms with Crippen LogP contribution in [0.15, 0.2) is 24.3 Å². The van der Waals surface area contributed by atoms with E-state index in [4.69, 9.17) is 4.74 Å². The minimum atomic E-state index is 0.574. The molecule has 0 atom stereocenters. The average Bonchev–Trinajstić information content (AvgIpc) is 2.48. The third-order valence-corrected chi connectivity index (χ3v) is 2.79. The van der Waals surface area contributed by atoms with Crippen LogP contribution in [-0.4, -0.2) is 13.2 Å². The summed E-state index contributed by atoms with van der Waals surface area (Å²) in [5.41, 5.74) is 1.32. The summed E-state index contributed by atoms with van der Waals surface area (Å²) in [4.78, 5) is 0. The van der Waals surface area contributed by atoms with E-state index in [1.54, 1.807) is 0 Å². The molecule has 0 aliphatic heterocycles. The van der Waals surface area contributed by atoms with Gasteiger partial charge >= 0.3 is 0 Å². The molecule has 0 radical (unpaired) electrons. The fraction of sp³-hybridized carbons (Fsp3) is 0.667. The number of rotatable bonds is 9. The Morgan fingerprint density at radius 3 is 2.25 bits per heavy atom. The van der Waals surface area contributed by atoms with E-state index in [1.165, 1.54) is 24.8 Å². The van der Waals surface area contributed by atoms with E-state index in [0.717, 1.165) is 25.4 Å². The number of hydrogen-bond acceptors (Lipinski definition) is 2. The summed E-state index contributed by atoms with van der Waals surface area (Å²) in [5.74, 6) is 1.54. The highest BCUT2D eigenvalue weighted by Gasteiger charge is 1.98. The van der Waals surface area contributed by atoms with E-state index in [-0.39, 0.29) is 0 Å².